The highest BCUT2D eigenvalue weighted by Crippen LogP contribution is 2.48. The molecular weight excluding hydrogens is 400 g/mol. The van der Waals surface area contributed by atoms with Crippen LogP contribution >= 0.6 is 11.3 Å². The summed E-state index contributed by atoms with van der Waals surface area (Å²) in [5.74, 6) is 0.424. The van der Waals surface area contributed by atoms with Crippen LogP contribution < -0.4 is 9.64 Å². The number of thiazole rings is 1. The Morgan fingerprint density at radius 2 is 2.17 bits per heavy atom. The van der Waals surface area contributed by atoms with E-state index in [4.69, 9.17) is 9.47 Å². The second-order valence-electron chi connectivity index (χ2n) is 7.72. The van der Waals surface area contributed by atoms with Gasteiger partial charge in [0.05, 0.1) is 17.5 Å². The summed E-state index contributed by atoms with van der Waals surface area (Å²) in [5, 5.41) is 2.37. The zero-order valence-electron chi connectivity index (χ0n) is 16.5. The molecule has 3 aliphatic rings. The minimum absolute atomic E-state index is 0.0377. The molecule has 2 aliphatic heterocycles. The van der Waals surface area contributed by atoms with E-state index in [0.29, 0.717) is 23.1 Å². The molecule has 1 aliphatic carbocycles. The molecule has 2 aromatic rings. The van der Waals surface area contributed by atoms with Crippen LogP contribution in [0, 0.1) is 5.92 Å². The topological polar surface area (TPSA) is 68.7 Å². The van der Waals surface area contributed by atoms with Gasteiger partial charge in [-0.1, -0.05) is 31.2 Å². The minimum Gasteiger partial charge on any atom is -0.490 e. The van der Waals surface area contributed by atoms with E-state index >= 15 is 0 Å². The summed E-state index contributed by atoms with van der Waals surface area (Å²) in [5.41, 5.74) is 1.26. The lowest BCUT2D eigenvalue weighted by atomic mass is 9.77. The number of nitrogens with zero attached hydrogens (tertiary/aromatic N) is 2. The Balaban J connectivity index is 1.61. The maximum Gasteiger partial charge on any atom is 0.296 e. The molecule has 5 rings (SSSR count). The van der Waals surface area contributed by atoms with Gasteiger partial charge >= 0.3 is 0 Å². The third-order valence-corrected chi connectivity index (χ3v) is 6.70. The van der Waals surface area contributed by atoms with Gasteiger partial charge in [0.15, 0.2) is 16.7 Å². The summed E-state index contributed by atoms with van der Waals surface area (Å²) < 4.78 is 11.9. The number of hydrogen-bond donors (Lipinski definition) is 0. The molecule has 3 unspecified atom stereocenters. The van der Waals surface area contributed by atoms with E-state index in [9.17, 15) is 9.59 Å². The predicted molar refractivity (Wildman–Crippen MR) is 113 cm³/mol. The number of carbonyl (C=O) groups excluding carboxylic acids is 2. The van der Waals surface area contributed by atoms with Crippen molar-refractivity contribution in [3.8, 4) is 5.75 Å². The van der Waals surface area contributed by atoms with Crippen molar-refractivity contribution >= 4 is 28.2 Å². The number of benzene rings is 1. The first-order valence-electron chi connectivity index (χ1n) is 10.2. The molecule has 0 N–H and O–H groups in total. The average Bonchev–Trinajstić information content (AvgIpc) is 3.39. The van der Waals surface area contributed by atoms with Crippen LogP contribution in [0.2, 0.25) is 0 Å². The number of fused-ring (bicyclic) bond motifs is 1. The first kappa shape index (κ1) is 19.1. The molecule has 1 aromatic heterocycles. The largest absolute Gasteiger partial charge is 0.490 e. The van der Waals surface area contributed by atoms with E-state index < -0.39 is 6.04 Å². The number of rotatable bonds is 5. The maximum atomic E-state index is 13.6. The number of anilines is 1. The van der Waals surface area contributed by atoms with Crippen LogP contribution in [0.1, 0.15) is 37.3 Å². The van der Waals surface area contributed by atoms with Crippen LogP contribution in [-0.4, -0.2) is 29.4 Å². The Labute approximate surface area is 178 Å². The van der Waals surface area contributed by atoms with Crippen molar-refractivity contribution in [2.75, 3.05) is 11.5 Å². The van der Waals surface area contributed by atoms with E-state index in [-0.39, 0.29) is 29.5 Å². The van der Waals surface area contributed by atoms with Crippen LogP contribution in [-0.2, 0) is 14.3 Å². The molecule has 1 aromatic carbocycles. The lowest BCUT2D eigenvalue weighted by Crippen LogP contribution is -2.39. The van der Waals surface area contributed by atoms with E-state index in [0.717, 1.165) is 31.2 Å². The Morgan fingerprint density at radius 3 is 2.97 bits per heavy atom. The number of carbonyl (C=O) groups is 2. The van der Waals surface area contributed by atoms with Crippen LogP contribution in [0.25, 0.3) is 0 Å². The summed E-state index contributed by atoms with van der Waals surface area (Å²) >= 11 is 1.37. The Morgan fingerprint density at radius 1 is 1.30 bits per heavy atom. The number of ketones is 1. The molecule has 6 nitrogen and oxygen atoms in total. The molecule has 1 amide bonds. The maximum absolute atomic E-state index is 13.6. The number of aromatic nitrogens is 1. The van der Waals surface area contributed by atoms with Crippen molar-refractivity contribution in [3.05, 3.63) is 65.4 Å². The van der Waals surface area contributed by atoms with Gasteiger partial charge in [-0.3, -0.25) is 14.5 Å². The molecule has 3 atom stereocenters. The van der Waals surface area contributed by atoms with Crippen LogP contribution in [0.3, 0.4) is 0 Å². The predicted octanol–water partition coefficient (Wildman–Crippen LogP) is 4.21. The Kier molecular flexibility index (Phi) is 4.90. The molecule has 1 saturated carbocycles. The molecule has 3 heterocycles. The van der Waals surface area contributed by atoms with Gasteiger partial charge in [0.1, 0.15) is 18.5 Å². The fourth-order valence-corrected chi connectivity index (χ4v) is 5.29. The monoisotopic (exact) mass is 422 g/mol. The number of amides is 1. The zero-order valence-corrected chi connectivity index (χ0v) is 17.3. The molecule has 0 spiro atoms. The van der Waals surface area contributed by atoms with E-state index in [1.807, 2.05) is 29.6 Å². The fraction of sp³-hybridized carbons (Fsp3) is 0.348. The second kappa shape index (κ2) is 7.72. The van der Waals surface area contributed by atoms with Crippen LogP contribution in [0.4, 0.5) is 5.13 Å². The highest BCUT2D eigenvalue weighted by atomic mass is 32.1. The number of ether oxygens (including phenoxy) is 2. The number of Topliss-reactive ketones (excluding diaryl/α,β-unsaturated/α-hetero) is 1. The van der Waals surface area contributed by atoms with Crippen molar-refractivity contribution in [2.45, 2.75) is 37.8 Å². The standard InChI is InChI=1S/C23H22N2O4S/c1-2-11-28-15-7-5-6-14(13-15)19-18-20(26)16-8-3-4-9-17(16)29-21(18)22(27)25(19)23-24-10-12-30-23/h2,5-7,10,12-13,16-17,19H,1,3-4,8-9,11H2. The first-order valence-corrected chi connectivity index (χ1v) is 11.1. The molecule has 0 radical (unpaired) electrons. The average molecular weight is 423 g/mol. The molecular formula is C23H22N2O4S. The fourth-order valence-electron chi connectivity index (χ4n) is 4.62. The summed E-state index contributed by atoms with van der Waals surface area (Å²) in [6.07, 6.45) is 6.79. The normalized spacial score (nSPS) is 25.6. The third kappa shape index (κ3) is 3.04. The Hall–Kier alpha value is -2.93. The molecule has 0 saturated heterocycles. The highest BCUT2D eigenvalue weighted by molar-refractivity contribution is 7.13. The van der Waals surface area contributed by atoms with Gasteiger partial charge in [-0.15, -0.1) is 11.3 Å². The van der Waals surface area contributed by atoms with Gasteiger partial charge < -0.3 is 9.47 Å². The van der Waals surface area contributed by atoms with Crippen molar-refractivity contribution in [1.82, 2.24) is 4.98 Å². The Bertz CT molecular complexity index is 1030. The molecule has 0 bridgehead atoms. The summed E-state index contributed by atoms with van der Waals surface area (Å²) in [4.78, 5) is 32.9. The van der Waals surface area contributed by atoms with Gasteiger partial charge in [-0.25, -0.2) is 4.98 Å². The van der Waals surface area contributed by atoms with Crippen LogP contribution in [0.5, 0.6) is 5.75 Å². The minimum atomic E-state index is -0.568. The molecule has 154 valence electrons. The van der Waals surface area contributed by atoms with Gasteiger partial charge in [0.25, 0.3) is 5.91 Å². The van der Waals surface area contributed by atoms with Crippen LogP contribution in [0.15, 0.2) is 59.8 Å². The van der Waals surface area contributed by atoms with E-state index in [1.54, 1.807) is 17.2 Å². The molecule has 7 heteroatoms. The van der Waals surface area contributed by atoms with Crippen molar-refractivity contribution in [1.29, 1.82) is 0 Å². The molecule has 1 fully saturated rings. The number of hydrogen-bond acceptors (Lipinski definition) is 6. The van der Waals surface area contributed by atoms with Crippen molar-refractivity contribution in [3.63, 3.8) is 0 Å². The zero-order chi connectivity index (χ0) is 20.7. The third-order valence-electron chi connectivity index (χ3n) is 5.93. The summed E-state index contributed by atoms with van der Waals surface area (Å²) in [7, 11) is 0. The molecule has 30 heavy (non-hydrogen) atoms. The van der Waals surface area contributed by atoms with Crippen molar-refractivity contribution < 1.29 is 19.1 Å². The highest BCUT2D eigenvalue weighted by Gasteiger charge is 2.53. The van der Waals surface area contributed by atoms with E-state index in [1.165, 1.54) is 11.3 Å². The van der Waals surface area contributed by atoms with Gasteiger partial charge in [-0.2, -0.15) is 0 Å². The van der Waals surface area contributed by atoms with Gasteiger partial charge in [0.2, 0.25) is 0 Å². The smallest absolute Gasteiger partial charge is 0.296 e. The SMILES string of the molecule is C=CCOc1cccc(C2C3=C(OC4CCCCC4C3=O)C(=O)N2c2nccs2)c1. The van der Waals surface area contributed by atoms with Gasteiger partial charge in [-0.05, 0) is 37.0 Å². The summed E-state index contributed by atoms with van der Waals surface area (Å²) in [6, 6.07) is 6.94. The van der Waals surface area contributed by atoms with Crippen molar-refractivity contribution in [2.24, 2.45) is 5.92 Å². The summed E-state index contributed by atoms with van der Waals surface area (Å²) in [6.45, 7) is 4.06. The first-order chi connectivity index (χ1) is 14.7. The van der Waals surface area contributed by atoms with Gasteiger partial charge in [0, 0.05) is 11.6 Å². The lowest BCUT2D eigenvalue weighted by Gasteiger charge is -2.35. The second-order valence-corrected chi connectivity index (χ2v) is 8.59. The van der Waals surface area contributed by atoms with E-state index in [2.05, 4.69) is 11.6 Å². The quantitative estimate of drug-likeness (QED) is 0.675. The lowest BCUT2D eigenvalue weighted by molar-refractivity contribution is -0.131.